The van der Waals surface area contributed by atoms with Gasteiger partial charge in [-0.15, -0.1) is 0 Å². The van der Waals surface area contributed by atoms with Crippen molar-refractivity contribution in [1.82, 2.24) is 83.7 Å². The molecule has 1 aliphatic rings. The molecule has 2 aromatic carbocycles. The number of nitrogens with zero attached hydrogens (tertiary/aromatic N) is 16. The second kappa shape index (κ2) is 29.0. The third kappa shape index (κ3) is 15.5. The molecule has 96 heavy (non-hydrogen) atoms. The fourth-order valence-electron chi connectivity index (χ4n) is 10.2. The van der Waals surface area contributed by atoms with Gasteiger partial charge < -0.3 is 47.6 Å². The Morgan fingerprint density at radius 3 is 1.58 bits per heavy atom. The lowest BCUT2D eigenvalue weighted by Crippen LogP contribution is -2.23. The van der Waals surface area contributed by atoms with Gasteiger partial charge in [0.2, 0.25) is 11.8 Å². The summed E-state index contributed by atoms with van der Waals surface area (Å²) >= 11 is 0. The molecule has 0 atom stereocenters. The fourth-order valence-corrected chi connectivity index (χ4v) is 10.2. The van der Waals surface area contributed by atoms with Gasteiger partial charge in [-0.2, -0.15) is 41.7 Å². The van der Waals surface area contributed by atoms with Gasteiger partial charge in [-0.05, 0) is 124 Å². The van der Waals surface area contributed by atoms with Gasteiger partial charge >= 0.3 is 21.0 Å². The second-order valence-electron chi connectivity index (χ2n) is 23.3. The normalized spacial score (nSPS) is 11.6. The Labute approximate surface area is 550 Å². The number of methoxy groups -OCH3 is 1. The number of hydrogen-bond donors (Lipinski definition) is 9. The highest BCUT2D eigenvalue weighted by Crippen LogP contribution is 2.39. The maximum Gasteiger partial charge on any atom is 0.308 e. The number of aromatic hydroxyl groups is 1. The van der Waals surface area contributed by atoms with Gasteiger partial charge in [-0.1, -0.05) is 6.07 Å². The molecule has 1 aliphatic heterocycles. The molecule has 13 rings (SSSR count). The van der Waals surface area contributed by atoms with Crippen LogP contribution in [0.3, 0.4) is 0 Å². The zero-order valence-electron chi connectivity index (χ0n) is 54.1. The summed E-state index contributed by atoms with van der Waals surface area (Å²) in [5, 5.41) is 29.3. The first kappa shape index (κ1) is 70.1. The Morgan fingerprint density at radius 1 is 0.604 bits per heavy atom. The highest BCUT2D eigenvalue weighted by molar-refractivity contribution is 7.60. The van der Waals surface area contributed by atoms with E-state index in [1.54, 1.807) is 32.5 Å². The first-order chi connectivity index (χ1) is 45.3. The number of phenolic OH excluding ortho intramolecular Hbond substituents is 1. The van der Waals surface area contributed by atoms with Crippen LogP contribution >= 0.6 is 0 Å². The van der Waals surface area contributed by atoms with E-state index in [0.717, 1.165) is 73.0 Å². The number of rotatable bonds is 8. The van der Waals surface area contributed by atoms with Crippen LogP contribution in [0.15, 0.2) is 97.2 Å². The van der Waals surface area contributed by atoms with E-state index in [1.807, 2.05) is 118 Å². The molecule has 1 amide bonds. The summed E-state index contributed by atoms with van der Waals surface area (Å²) < 4.78 is 71.9. The van der Waals surface area contributed by atoms with Gasteiger partial charge in [0.25, 0.3) is 5.56 Å². The molecule has 0 saturated carbocycles. The first-order valence-corrected chi connectivity index (χ1v) is 31.3. The molecule has 0 unspecified atom stereocenters. The molecular formula is C61H69FN24O8S2. The van der Waals surface area contributed by atoms with Gasteiger partial charge in [0, 0.05) is 81.9 Å². The lowest BCUT2D eigenvalue weighted by atomic mass is 10.0. The van der Waals surface area contributed by atoms with Crippen molar-refractivity contribution in [3.05, 3.63) is 125 Å². The summed E-state index contributed by atoms with van der Waals surface area (Å²) in [5.74, 6) is 1.50. The fraction of sp³-hybridized carbons (Fsp3) is 0.279. The number of nitrogen functional groups attached to an aromatic ring is 4. The van der Waals surface area contributed by atoms with Crippen molar-refractivity contribution < 1.29 is 35.9 Å². The predicted molar refractivity (Wildman–Crippen MR) is 361 cm³/mol. The van der Waals surface area contributed by atoms with Crippen molar-refractivity contribution in [2.24, 2.45) is 0 Å². The maximum absolute atomic E-state index is 13.6. The third-order valence-corrected chi connectivity index (χ3v) is 14.4. The number of carbonyl (C=O) groups excluding carboxylic acids is 1. The van der Waals surface area contributed by atoms with Gasteiger partial charge in [0.1, 0.15) is 82.9 Å². The average molecular weight is 1350 g/mol. The van der Waals surface area contributed by atoms with Crippen LogP contribution < -0.4 is 38.5 Å². The standard InChI is InChI=1S/C16H16N6O.C15H15FN4O.2C15H18N6O.2HNO2S/c1-8(2)22-16-13(15(17)18-7-19-16)14(21-22)9-3-4-11-10(5-9)6-12(23)20-11;1-8(2)20-6-12(9-3-10(16)5-11(21)4-9)13-14(17)18-7-19-15(13)20;1-8-5-9(6-17-14(8)22)11-10-12(16)18-7-19-13(10)21(20-11)15(2,3)4;1-8(2)21-14-11(13(16)18-7-19-14)12(20-21)10-5-9(3)15(22-4)17-6-10;2*1-4(2)3/h3-5,7-8H,6H2,1-2H3,(H,20,23)(H2,17,18,19);3-8,21H,1-2H3,(H2,17,18,19);5-7H,1-4H3,(H,17,22)(H2,16,18,19);5-8H,1-4H3,(H2,16,18,19);2*1H. The molecule has 0 saturated heterocycles. The van der Waals surface area contributed by atoms with Crippen LogP contribution in [-0.4, -0.2) is 119 Å². The number of benzene rings is 2. The van der Waals surface area contributed by atoms with Crippen LogP contribution in [-0.2, 0) is 37.8 Å². The zero-order valence-corrected chi connectivity index (χ0v) is 55.7. The number of halogens is 1. The number of aromatic amines is 1. The van der Waals surface area contributed by atoms with Crippen molar-refractivity contribution in [3.8, 4) is 56.5 Å². The molecule has 0 spiro atoms. The smallest absolute Gasteiger partial charge is 0.308 e. The quantitative estimate of drug-likeness (QED) is 0.0686. The first-order valence-electron chi connectivity index (χ1n) is 29.1. The Kier molecular flexibility index (Phi) is 21.2. The number of hydrogen-bond acceptors (Lipinski definition) is 26. The molecule has 12 aromatic rings. The Morgan fingerprint density at radius 2 is 1.09 bits per heavy atom. The van der Waals surface area contributed by atoms with E-state index in [1.165, 1.54) is 37.4 Å². The summed E-state index contributed by atoms with van der Waals surface area (Å²) in [6.07, 6.45) is 11.4. The van der Waals surface area contributed by atoms with Gasteiger partial charge in [-0.3, -0.25) is 9.59 Å². The number of nitrogens with two attached hydrogens (primary N) is 4. The van der Waals surface area contributed by atoms with Crippen molar-refractivity contribution in [1.29, 1.82) is 9.56 Å². The highest BCUT2D eigenvalue weighted by atomic mass is 32.2. The van der Waals surface area contributed by atoms with Gasteiger partial charge in [-0.25, -0.2) is 63.3 Å². The third-order valence-electron chi connectivity index (χ3n) is 14.4. The molecule has 500 valence electrons. The minimum absolute atomic E-state index is 0.0116. The predicted octanol–water partition coefficient (Wildman–Crippen LogP) is 8.71. The molecule has 32 nitrogen and oxygen atoms in total. The number of aryl methyl sites for hydroxylation is 2. The number of H-pyrrole nitrogens is 1. The second-order valence-corrected chi connectivity index (χ2v) is 24.2. The average Bonchev–Trinajstić information content (AvgIpc) is 1.75. The topological polar surface area (TPSA) is 486 Å². The van der Waals surface area contributed by atoms with E-state index in [4.69, 9.17) is 59.2 Å². The largest absolute Gasteiger partial charge is 0.508 e. The van der Waals surface area contributed by atoms with E-state index < -0.39 is 26.8 Å². The number of anilines is 5. The van der Waals surface area contributed by atoms with Crippen LogP contribution in [0.2, 0.25) is 0 Å². The molecular weight excluding hydrogens is 1280 g/mol. The van der Waals surface area contributed by atoms with E-state index in [0.29, 0.717) is 80.0 Å². The van der Waals surface area contributed by atoms with Crippen molar-refractivity contribution >= 4 is 100 Å². The van der Waals surface area contributed by atoms with Gasteiger partial charge in [0.05, 0.1) is 40.6 Å². The van der Waals surface area contributed by atoms with Crippen LogP contribution in [0.1, 0.15) is 97.1 Å². The zero-order chi connectivity index (χ0) is 70.4. The molecule has 0 bridgehead atoms. The summed E-state index contributed by atoms with van der Waals surface area (Å²) in [6, 6.07) is 14.0. The van der Waals surface area contributed by atoms with Crippen molar-refractivity contribution in [2.75, 3.05) is 35.4 Å². The minimum atomic E-state index is -2.61. The van der Waals surface area contributed by atoms with E-state index in [-0.39, 0.29) is 40.9 Å². The van der Waals surface area contributed by atoms with Crippen LogP contribution in [0.25, 0.3) is 89.0 Å². The number of aromatic nitrogens is 17. The molecule has 0 aliphatic carbocycles. The van der Waals surface area contributed by atoms with Crippen LogP contribution in [0.5, 0.6) is 11.6 Å². The number of carbonyl (C=O) groups is 1. The lowest BCUT2D eigenvalue weighted by Gasteiger charge is -2.19. The van der Waals surface area contributed by atoms with Crippen LogP contribution in [0.4, 0.5) is 33.3 Å². The summed E-state index contributed by atoms with van der Waals surface area (Å²) in [6.45, 7) is 22.0. The minimum Gasteiger partial charge on any atom is -0.508 e. The summed E-state index contributed by atoms with van der Waals surface area (Å²) in [5.41, 5.74) is 35.9. The number of fused-ring (bicyclic) bond motifs is 5. The molecule has 11 heterocycles. The Hall–Kier alpha value is -11.8. The number of ether oxygens (including phenoxy) is 1. The Bertz CT molecular complexity index is 5180. The molecule has 0 radical (unpaired) electrons. The van der Waals surface area contributed by atoms with E-state index in [9.17, 15) is 19.1 Å². The highest BCUT2D eigenvalue weighted by Gasteiger charge is 2.26. The van der Waals surface area contributed by atoms with Gasteiger partial charge in [0.15, 0.2) is 16.9 Å². The van der Waals surface area contributed by atoms with E-state index >= 15 is 0 Å². The molecule has 10 aromatic heterocycles. The maximum atomic E-state index is 13.6. The monoisotopic (exact) mass is 1350 g/mol. The Balaban J connectivity index is 0.000000158. The summed E-state index contributed by atoms with van der Waals surface area (Å²) in [7, 11) is -3.62. The molecule has 35 heteroatoms. The number of amides is 1. The number of pyridine rings is 2. The summed E-state index contributed by atoms with van der Waals surface area (Å²) in [4.78, 5) is 63.7. The SMILES string of the molecule is CC(C)n1cc(-c2cc(O)cc(F)c2)c2c(N)ncnc21.CC(C)n1nc(-c2ccc3c(c2)CC(=O)N3)c2c(N)ncnc21.COc1ncc(-c2nn(C(C)C)c3ncnc(N)c23)cc1C.Cc1cc(-c2nn(C(C)(C)C)c3ncnc(N)c23)c[nH]c1=O.N=S(=O)=O.N=S(=O)=O. The van der Waals surface area contributed by atoms with Crippen molar-refractivity contribution in [3.63, 3.8) is 0 Å². The van der Waals surface area contributed by atoms with Crippen molar-refractivity contribution in [2.45, 2.75) is 106 Å². The van der Waals surface area contributed by atoms with E-state index in [2.05, 4.69) is 65.4 Å². The molecule has 13 N–H and O–H groups in total. The lowest BCUT2D eigenvalue weighted by molar-refractivity contribution is -0.115. The number of phenols is 1. The van der Waals surface area contributed by atoms with Crippen LogP contribution in [0, 0.1) is 29.2 Å². The number of nitrogens with one attached hydrogen (secondary N) is 4. The molecule has 0 fully saturated rings.